The van der Waals surface area contributed by atoms with E-state index in [2.05, 4.69) is 16.4 Å². The Kier molecular flexibility index (Phi) is 2.37. The van der Waals surface area contributed by atoms with Crippen molar-refractivity contribution in [1.82, 2.24) is 10.3 Å². The summed E-state index contributed by atoms with van der Waals surface area (Å²) < 4.78 is 0. The summed E-state index contributed by atoms with van der Waals surface area (Å²) >= 11 is 0. The second-order valence-electron chi connectivity index (χ2n) is 3.33. The molecule has 2 heteroatoms. The molecule has 1 N–H and O–H groups in total. The van der Waals surface area contributed by atoms with E-state index in [-0.39, 0.29) is 0 Å². The molecular weight excluding hydrogens is 148 g/mol. The lowest BCUT2D eigenvalue weighted by Gasteiger charge is -2.22. The predicted molar refractivity (Wildman–Crippen MR) is 49.1 cm³/mol. The average Bonchev–Trinajstić information content (AvgIpc) is 2.21. The maximum atomic E-state index is 4.13. The van der Waals surface area contributed by atoms with E-state index in [1.54, 1.807) is 0 Å². The summed E-state index contributed by atoms with van der Waals surface area (Å²) in [5.74, 6) is 0.687. The summed E-state index contributed by atoms with van der Waals surface area (Å²) in [6.45, 7) is 2.29. The maximum Gasteiger partial charge on any atom is 0.0303 e. The van der Waals surface area contributed by atoms with E-state index in [4.69, 9.17) is 0 Å². The van der Waals surface area contributed by atoms with Crippen molar-refractivity contribution in [3.8, 4) is 0 Å². The summed E-state index contributed by atoms with van der Waals surface area (Å²) in [5.41, 5.74) is 1.38. The van der Waals surface area contributed by atoms with Crippen molar-refractivity contribution in [3.63, 3.8) is 0 Å². The number of aromatic nitrogens is 1. The van der Waals surface area contributed by atoms with Gasteiger partial charge in [0, 0.05) is 18.9 Å². The van der Waals surface area contributed by atoms with Gasteiger partial charge >= 0.3 is 0 Å². The minimum absolute atomic E-state index is 0.687. The van der Waals surface area contributed by atoms with Crippen LogP contribution in [0, 0.1) is 0 Å². The van der Waals surface area contributed by atoms with E-state index in [9.17, 15) is 0 Å². The number of nitrogens with one attached hydrogen (secondary N) is 1. The van der Waals surface area contributed by atoms with Crippen LogP contribution < -0.4 is 5.32 Å². The zero-order valence-corrected chi connectivity index (χ0v) is 7.16. The number of rotatable bonds is 1. The number of pyridine rings is 1. The summed E-state index contributed by atoms with van der Waals surface area (Å²) in [6, 6.07) is 4.19. The van der Waals surface area contributed by atoms with E-state index in [1.807, 2.05) is 18.5 Å². The molecule has 0 bridgehead atoms. The summed E-state index contributed by atoms with van der Waals surface area (Å²) in [6.07, 6.45) is 6.41. The zero-order valence-electron chi connectivity index (χ0n) is 7.16. The first kappa shape index (κ1) is 7.74. The van der Waals surface area contributed by atoms with Crippen LogP contribution in [-0.4, -0.2) is 18.1 Å². The highest BCUT2D eigenvalue weighted by Gasteiger charge is 2.14. The third-order valence-corrected chi connectivity index (χ3v) is 2.45. The Morgan fingerprint density at radius 3 is 3.17 bits per heavy atom. The van der Waals surface area contributed by atoms with Gasteiger partial charge in [0.2, 0.25) is 0 Å². The molecule has 1 aliphatic heterocycles. The van der Waals surface area contributed by atoms with Crippen molar-refractivity contribution in [3.05, 3.63) is 30.1 Å². The minimum atomic E-state index is 0.687. The fourth-order valence-electron chi connectivity index (χ4n) is 1.75. The molecule has 1 fully saturated rings. The molecule has 64 valence electrons. The molecule has 2 nitrogen and oxygen atoms in total. The quantitative estimate of drug-likeness (QED) is 0.677. The first-order valence-corrected chi connectivity index (χ1v) is 4.57. The first-order valence-electron chi connectivity index (χ1n) is 4.57. The van der Waals surface area contributed by atoms with E-state index in [0.717, 1.165) is 6.54 Å². The Labute approximate surface area is 73.0 Å². The molecule has 0 saturated carbocycles. The molecule has 0 radical (unpaired) electrons. The van der Waals surface area contributed by atoms with E-state index < -0.39 is 0 Å². The molecule has 12 heavy (non-hydrogen) atoms. The van der Waals surface area contributed by atoms with Gasteiger partial charge in [0.05, 0.1) is 0 Å². The fourth-order valence-corrected chi connectivity index (χ4v) is 1.75. The van der Waals surface area contributed by atoms with Gasteiger partial charge in [-0.05, 0) is 36.9 Å². The lowest BCUT2D eigenvalue weighted by Crippen LogP contribution is -2.28. The van der Waals surface area contributed by atoms with Crippen LogP contribution in [0.2, 0.25) is 0 Å². The molecule has 2 rings (SSSR count). The topological polar surface area (TPSA) is 24.9 Å². The smallest absolute Gasteiger partial charge is 0.0303 e. The molecule has 0 aromatic carbocycles. The predicted octanol–water partition coefficient (Wildman–Crippen LogP) is 1.55. The highest BCUT2D eigenvalue weighted by molar-refractivity contribution is 5.15. The third-order valence-electron chi connectivity index (χ3n) is 2.45. The van der Waals surface area contributed by atoms with Crippen LogP contribution in [0.5, 0.6) is 0 Å². The number of hydrogen-bond acceptors (Lipinski definition) is 2. The van der Waals surface area contributed by atoms with Crippen LogP contribution in [0.25, 0.3) is 0 Å². The second kappa shape index (κ2) is 3.68. The van der Waals surface area contributed by atoms with E-state index >= 15 is 0 Å². The van der Waals surface area contributed by atoms with Crippen molar-refractivity contribution < 1.29 is 0 Å². The maximum absolute atomic E-state index is 4.13. The molecule has 1 aromatic heterocycles. The Bertz CT molecular complexity index is 227. The zero-order chi connectivity index (χ0) is 8.23. The van der Waals surface area contributed by atoms with Crippen LogP contribution in [0.4, 0.5) is 0 Å². The average molecular weight is 162 g/mol. The molecule has 1 saturated heterocycles. The van der Waals surface area contributed by atoms with Crippen molar-refractivity contribution in [2.75, 3.05) is 13.1 Å². The van der Waals surface area contributed by atoms with Crippen LogP contribution in [-0.2, 0) is 0 Å². The Morgan fingerprint density at radius 1 is 1.50 bits per heavy atom. The van der Waals surface area contributed by atoms with Crippen LogP contribution in [0.3, 0.4) is 0 Å². The van der Waals surface area contributed by atoms with Crippen molar-refractivity contribution >= 4 is 0 Å². The summed E-state index contributed by atoms with van der Waals surface area (Å²) in [7, 11) is 0. The molecular formula is C10H14N2. The van der Waals surface area contributed by atoms with Crippen LogP contribution >= 0.6 is 0 Å². The molecule has 0 amide bonds. The lowest BCUT2D eigenvalue weighted by atomic mass is 9.93. The molecule has 2 heterocycles. The number of hydrogen-bond donors (Lipinski definition) is 1. The van der Waals surface area contributed by atoms with Crippen LogP contribution in [0.15, 0.2) is 24.5 Å². The monoisotopic (exact) mass is 162 g/mol. The van der Waals surface area contributed by atoms with Gasteiger partial charge in [0.15, 0.2) is 0 Å². The largest absolute Gasteiger partial charge is 0.316 e. The number of piperidine rings is 1. The standard InChI is InChI=1S/C10H14N2/c1-3-9(7-11-5-1)10-4-2-6-12-8-10/h1,3,5,7,10,12H,2,4,6,8H2. The first-order chi connectivity index (χ1) is 5.97. The minimum Gasteiger partial charge on any atom is -0.316 e. The van der Waals surface area contributed by atoms with Gasteiger partial charge in [-0.15, -0.1) is 0 Å². The SMILES string of the molecule is c1cncc(C2CCCNC2)c1. The van der Waals surface area contributed by atoms with Crippen molar-refractivity contribution in [2.45, 2.75) is 18.8 Å². The van der Waals surface area contributed by atoms with Gasteiger partial charge in [0.25, 0.3) is 0 Å². The van der Waals surface area contributed by atoms with Crippen LogP contribution in [0.1, 0.15) is 24.3 Å². The summed E-state index contributed by atoms with van der Waals surface area (Å²) in [5, 5.41) is 3.41. The molecule has 1 atom stereocenters. The van der Waals surface area contributed by atoms with Gasteiger partial charge in [0.1, 0.15) is 0 Å². The lowest BCUT2D eigenvalue weighted by molar-refractivity contribution is 0.461. The fraction of sp³-hybridized carbons (Fsp3) is 0.500. The Hall–Kier alpha value is -0.890. The highest BCUT2D eigenvalue weighted by atomic mass is 14.9. The normalized spacial score (nSPS) is 23.8. The number of nitrogens with zero attached hydrogens (tertiary/aromatic N) is 1. The molecule has 0 aliphatic carbocycles. The Balaban J connectivity index is 2.08. The van der Waals surface area contributed by atoms with E-state index in [1.165, 1.54) is 24.9 Å². The summed E-state index contributed by atoms with van der Waals surface area (Å²) in [4.78, 5) is 4.13. The molecule has 1 aliphatic rings. The van der Waals surface area contributed by atoms with Crippen molar-refractivity contribution in [2.24, 2.45) is 0 Å². The van der Waals surface area contributed by atoms with Gasteiger partial charge in [-0.3, -0.25) is 4.98 Å². The van der Waals surface area contributed by atoms with Gasteiger partial charge in [-0.2, -0.15) is 0 Å². The Morgan fingerprint density at radius 2 is 2.50 bits per heavy atom. The third kappa shape index (κ3) is 1.64. The molecule has 1 unspecified atom stereocenters. The van der Waals surface area contributed by atoms with Gasteiger partial charge in [-0.1, -0.05) is 6.07 Å². The highest BCUT2D eigenvalue weighted by Crippen LogP contribution is 2.21. The van der Waals surface area contributed by atoms with Gasteiger partial charge in [-0.25, -0.2) is 0 Å². The molecule has 1 aromatic rings. The van der Waals surface area contributed by atoms with Gasteiger partial charge < -0.3 is 5.32 Å². The molecule has 0 spiro atoms. The van der Waals surface area contributed by atoms with Crippen molar-refractivity contribution in [1.29, 1.82) is 0 Å². The van der Waals surface area contributed by atoms with E-state index in [0.29, 0.717) is 5.92 Å². The second-order valence-corrected chi connectivity index (χ2v) is 3.33.